The predicted octanol–water partition coefficient (Wildman–Crippen LogP) is 4.75. The zero-order chi connectivity index (χ0) is 21.2. The maximum Gasteiger partial charge on any atom is 0.264 e. The van der Waals surface area contributed by atoms with Crippen molar-refractivity contribution in [3.63, 3.8) is 0 Å². The summed E-state index contributed by atoms with van der Waals surface area (Å²) in [5, 5.41) is 8.63. The number of carbonyl (C=O) groups excluding carboxylic acids is 1. The van der Waals surface area contributed by atoms with E-state index in [9.17, 15) is 4.79 Å². The van der Waals surface area contributed by atoms with Gasteiger partial charge in [0, 0.05) is 51.9 Å². The number of hydrogen-bond donors (Lipinski definition) is 2. The van der Waals surface area contributed by atoms with Gasteiger partial charge in [-0.2, -0.15) is 0 Å². The molecule has 0 saturated carbocycles. The van der Waals surface area contributed by atoms with Crippen LogP contribution in [0.2, 0.25) is 0 Å². The number of aromatic nitrogens is 2. The molecular weight excluding hydrogens is 426 g/mol. The Morgan fingerprint density at radius 3 is 3.03 bits per heavy atom. The van der Waals surface area contributed by atoms with Crippen molar-refractivity contribution in [3.05, 3.63) is 53.5 Å². The standard InChI is InChI=1S/C23H23N5OS2/c1-30-17-5-2-4-16(12-17)26-23-25-14-15-6-7-19-18(21(15)27-23)13-20(31-19)22(29)28-10-3-8-24-9-11-28/h2,4-7,12-14,24H,3,8-11H2,1H3,(H,25,26,27). The summed E-state index contributed by atoms with van der Waals surface area (Å²) in [6.07, 6.45) is 4.88. The van der Waals surface area contributed by atoms with Gasteiger partial charge in [-0.25, -0.2) is 9.97 Å². The second-order valence-electron chi connectivity index (χ2n) is 7.47. The fraction of sp³-hybridized carbons (Fsp3) is 0.261. The van der Waals surface area contributed by atoms with E-state index < -0.39 is 0 Å². The number of nitrogens with zero attached hydrogens (tertiary/aromatic N) is 3. The summed E-state index contributed by atoms with van der Waals surface area (Å²) in [6, 6.07) is 14.3. The third-order valence-corrected chi connectivity index (χ3v) is 7.22. The van der Waals surface area contributed by atoms with Gasteiger partial charge >= 0.3 is 0 Å². The average Bonchev–Trinajstić information content (AvgIpc) is 3.06. The molecule has 1 fully saturated rings. The minimum absolute atomic E-state index is 0.110. The quantitative estimate of drug-likeness (QED) is 0.439. The van der Waals surface area contributed by atoms with Crippen LogP contribution in [0.1, 0.15) is 16.1 Å². The summed E-state index contributed by atoms with van der Waals surface area (Å²) in [5.74, 6) is 0.662. The van der Waals surface area contributed by atoms with Crippen molar-refractivity contribution in [2.75, 3.05) is 37.8 Å². The Morgan fingerprint density at radius 1 is 1.19 bits per heavy atom. The summed E-state index contributed by atoms with van der Waals surface area (Å²) < 4.78 is 1.07. The van der Waals surface area contributed by atoms with Crippen LogP contribution in [0.3, 0.4) is 0 Å². The van der Waals surface area contributed by atoms with Crippen molar-refractivity contribution in [3.8, 4) is 0 Å². The van der Waals surface area contributed by atoms with Gasteiger partial charge in [0.25, 0.3) is 5.91 Å². The Hall–Kier alpha value is -2.68. The Bertz CT molecular complexity index is 1250. The predicted molar refractivity (Wildman–Crippen MR) is 130 cm³/mol. The fourth-order valence-electron chi connectivity index (χ4n) is 3.81. The van der Waals surface area contributed by atoms with Crippen molar-refractivity contribution < 1.29 is 4.79 Å². The molecule has 158 valence electrons. The molecule has 1 saturated heterocycles. The lowest BCUT2D eigenvalue weighted by Gasteiger charge is -2.18. The number of anilines is 2. The van der Waals surface area contributed by atoms with Crippen LogP contribution in [0.5, 0.6) is 0 Å². The number of amides is 1. The molecule has 0 aliphatic carbocycles. The highest BCUT2D eigenvalue weighted by molar-refractivity contribution is 7.98. The van der Waals surface area contributed by atoms with Gasteiger partial charge in [0.1, 0.15) is 0 Å². The number of fused-ring (bicyclic) bond motifs is 3. The number of hydrogen-bond acceptors (Lipinski definition) is 7. The summed E-state index contributed by atoms with van der Waals surface area (Å²) in [4.78, 5) is 26.3. The highest BCUT2D eigenvalue weighted by atomic mass is 32.2. The highest BCUT2D eigenvalue weighted by Gasteiger charge is 2.20. The fourth-order valence-corrected chi connectivity index (χ4v) is 5.30. The first-order valence-electron chi connectivity index (χ1n) is 10.3. The number of rotatable bonds is 4. The molecule has 0 unspecified atom stereocenters. The van der Waals surface area contributed by atoms with Gasteiger partial charge in [-0.05, 0) is 55.6 Å². The Labute approximate surface area is 189 Å². The second kappa shape index (κ2) is 8.82. The van der Waals surface area contributed by atoms with E-state index in [4.69, 9.17) is 4.98 Å². The normalized spacial score (nSPS) is 14.7. The monoisotopic (exact) mass is 449 g/mol. The summed E-state index contributed by atoms with van der Waals surface area (Å²) in [7, 11) is 0. The molecule has 2 aromatic carbocycles. The first kappa shape index (κ1) is 20.2. The maximum atomic E-state index is 13.1. The third-order valence-electron chi connectivity index (χ3n) is 5.41. The van der Waals surface area contributed by atoms with E-state index in [1.54, 1.807) is 23.1 Å². The molecule has 3 heterocycles. The molecule has 0 bridgehead atoms. The van der Waals surface area contributed by atoms with Gasteiger partial charge in [-0.15, -0.1) is 23.1 Å². The molecule has 5 rings (SSSR count). The zero-order valence-electron chi connectivity index (χ0n) is 17.2. The van der Waals surface area contributed by atoms with Gasteiger partial charge in [0.05, 0.1) is 10.4 Å². The molecule has 0 atom stereocenters. The molecule has 1 amide bonds. The Balaban J connectivity index is 1.49. The molecule has 31 heavy (non-hydrogen) atoms. The largest absolute Gasteiger partial charge is 0.337 e. The van der Waals surface area contributed by atoms with E-state index in [1.807, 2.05) is 35.4 Å². The lowest BCUT2D eigenvalue weighted by molar-refractivity contribution is 0.0771. The molecule has 0 spiro atoms. The SMILES string of the molecule is CSc1cccc(Nc2ncc3ccc4sc(C(=O)N5CCCNCC5)cc4c3n2)c1. The third kappa shape index (κ3) is 4.23. The van der Waals surface area contributed by atoms with Crippen molar-refractivity contribution in [1.29, 1.82) is 0 Å². The minimum atomic E-state index is 0.110. The van der Waals surface area contributed by atoms with Gasteiger partial charge in [-0.1, -0.05) is 6.07 Å². The summed E-state index contributed by atoms with van der Waals surface area (Å²) in [5.41, 5.74) is 1.82. The van der Waals surface area contributed by atoms with Crippen LogP contribution in [0.4, 0.5) is 11.6 Å². The molecule has 4 aromatic rings. The number of benzene rings is 2. The van der Waals surface area contributed by atoms with Crippen molar-refractivity contribution in [2.45, 2.75) is 11.3 Å². The van der Waals surface area contributed by atoms with Crippen molar-refractivity contribution in [1.82, 2.24) is 20.2 Å². The zero-order valence-corrected chi connectivity index (χ0v) is 18.9. The number of carbonyl (C=O) groups is 1. The minimum Gasteiger partial charge on any atom is -0.337 e. The molecule has 2 aromatic heterocycles. The molecule has 1 aliphatic heterocycles. The molecule has 8 heteroatoms. The summed E-state index contributed by atoms with van der Waals surface area (Å²) >= 11 is 3.24. The highest BCUT2D eigenvalue weighted by Crippen LogP contribution is 2.32. The first-order chi connectivity index (χ1) is 15.2. The molecule has 2 N–H and O–H groups in total. The lowest BCUT2D eigenvalue weighted by Crippen LogP contribution is -2.33. The van der Waals surface area contributed by atoms with Crippen molar-refractivity contribution in [2.24, 2.45) is 0 Å². The molecular formula is C23H23N5OS2. The van der Waals surface area contributed by atoms with E-state index in [0.717, 1.165) is 64.2 Å². The Kier molecular flexibility index (Phi) is 5.76. The van der Waals surface area contributed by atoms with Crippen LogP contribution in [0, 0.1) is 0 Å². The van der Waals surface area contributed by atoms with E-state index in [0.29, 0.717) is 5.95 Å². The van der Waals surface area contributed by atoms with E-state index in [2.05, 4.69) is 40.1 Å². The van der Waals surface area contributed by atoms with Crippen LogP contribution in [0.15, 0.2) is 53.6 Å². The molecule has 1 aliphatic rings. The molecule has 6 nitrogen and oxygen atoms in total. The van der Waals surface area contributed by atoms with Crippen LogP contribution >= 0.6 is 23.1 Å². The number of nitrogens with one attached hydrogen (secondary N) is 2. The van der Waals surface area contributed by atoms with Crippen molar-refractivity contribution >= 4 is 61.6 Å². The lowest BCUT2D eigenvalue weighted by atomic mass is 10.1. The molecule has 0 radical (unpaired) electrons. The smallest absolute Gasteiger partial charge is 0.264 e. The van der Waals surface area contributed by atoms with Gasteiger partial charge < -0.3 is 15.5 Å². The van der Waals surface area contributed by atoms with Crippen LogP contribution in [-0.2, 0) is 0 Å². The van der Waals surface area contributed by atoms with E-state index in [-0.39, 0.29) is 5.91 Å². The topological polar surface area (TPSA) is 70.2 Å². The van der Waals surface area contributed by atoms with Gasteiger partial charge in [-0.3, -0.25) is 4.79 Å². The number of thioether (sulfide) groups is 1. The first-order valence-corrected chi connectivity index (χ1v) is 12.4. The Morgan fingerprint density at radius 2 is 2.13 bits per heavy atom. The summed E-state index contributed by atoms with van der Waals surface area (Å²) in [6.45, 7) is 3.36. The van der Waals surface area contributed by atoms with Crippen LogP contribution in [0.25, 0.3) is 21.0 Å². The van der Waals surface area contributed by atoms with E-state index >= 15 is 0 Å². The van der Waals surface area contributed by atoms with Crippen LogP contribution < -0.4 is 10.6 Å². The van der Waals surface area contributed by atoms with Gasteiger partial charge in [0.2, 0.25) is 5.95 Å². The van der Waals surface area contributed by atoms with E-state index in [1.165, 1.54) is 4.90 Å². The average molecular weight is 450 g/mol. The maximum absolute atomic E-state index is 13.1. The second-order valence-corrected chi connectivity index (χ2v) is 9.44. The van der Waals surface area contributed by atoms with Crippen LogP contribution in [-0.4, -0.2) is 53.2 Å². The van der Waals surface area contributed by atoms with Gasteiger partial charge in [0.15, 0.2) is 0 Å². The number of thiophene rings is 1.